The van der Waals surface area contributed by atoms with E-state index in [1.807, 2.05) is 36.4 Å². The Bertz CT molecular complexity index is 638. The van der Waals surface area contributed by atoms with E-state index in [1.54, 1.807) is 0 Å². The Morgan fingerprint density at radius 2 is 1.94 bits per heavy atom. The summed E-state index contributed by atoms with van der Waals surface area (Å²) in [7, 11) is -2.87. The van der Waals surface area contributed by atoms with Crippen molar-refractivity contribution in [3.63, 3.8) is 0 Å². The molecule has 0 radical (unpaired) electrons. The molecule has 1 aromatic heterocycles. The van der Waals surface area contributed by atoms with Gasteiger partial charge >= 0.3 is 0 Å². The van der Waals surface area contributed by atoms with Gasteiger partial charge in [-0.05, 0) is 24.6 Å². The fourth-order valence-corrected chi connectivity index (χ4v) is 2.38. The fourth-order valence-electron chi connectivity index (χ4n) is 1.72. The number of para-hydroxylation sites is 1. The molecule has 18 heavy (non-hydrogen) atoms. The third-order valence-corrected chi connectivity index (χ3v) is 3.63. The van der Waals surface area contributed by atoms with Crippen molar-refractivity contribution in [2.45, 2.75) is 6.42 Å². The summed E-state index contributed by atoms with van der Waals surface area (Å²) in [5.74, 6) is 0.982. The van der Waals surface area contributed by atoms with Gasteiger partial charge in [-0.2, -0.15) is 0 Å². The minimum atomic E-state index is -2.87. The molecule has 0 unspecified atom stereocenters. The highest BCUT2D eigenvalue weighted by Gasteiger charge is 2.01. The maximum Gasteiger partial charge on any atom is 0.147 e. The van der Waals surface area contributed by atoms with Crippen molar-refractivity contribution in [3.8, 4) is 0 Å². The minimum absolute atomic E-state index is 0.202. The lowest BCUT2D eigenvalue weighted by Crippen LogP contribution is -2.10. The topological polar surface area (TPSA) is 59.1 Å². The maximum atomic E-state index is 11.0. The molecule has 4 nitrogen and oxygen atoms in total. The van der Waals surface area contributed by atoms with Gasteiger partial charge in [0.2, 0.25) is 0 Å². The molecule has 0 amide bonds. The molecule has 2 rings (SSSR count). The smallest absolute Gasteiger partial charge is 0.147 e. The van der Waals surface area contributed by atoms with Gasteiger partial charge in [0, 0.05) is 18.2 Å². The van der Waals surface area contributed by atoms with Crippen molar-refractivity contribution in [1.29, 1.82) is 0 Å². The fraction of sp³-hybridized carbons (Fsp3) is 0.308. The number of aromatic nitrogens is 1. The molecule has 1 N–H and O–H groups in total. The van der Waals surface area contributed by atoms with Crippen molar-refractivity contribution in [1.82, 2.24) is 4.98 Å². The zero-order chi connectivity index (χ0) is 13.0. The van der Waals surface area contributed by atoms with Crippen LogP contribution in [0, 0.1) is 0 Å². The first-order chi connectivity index (χ1) is 8.54. The third-order valence-electron chi connectivity index (χ3n) is 2.60. The van der Waals surface area contributed by atoms with Gasteiger partial charge in [-0.3, -0.25) is 0 Å². The molecule has 0 saturated heterocycles. The monoisotopic (exact) mass is 264 g/mol. The summed E-state index contributed by atoms with van der Waals surface area (Å²) < 4.78 is 21.9. The van der Waals surface area contributed by atoms with E-state index in [1.165, 1.54) is 6.26 Å². The molecule has 0 atom stereocenters. The van der Waals surface area contributed by atoms with E-state index in [9.17, 15) is 8.42 Å². The lowest BCUT2D eigenvalue weighted by atomic mass is 10.2. The third kappa shape index (κ3) is 3.70. The van der Waals surface area contributed by atoms with E-state index in [4.69, 9.17) is 0 Å². The van der Waals surface area contributed by atoms with Gasteiger partial charge in [-0.25, -0.2) is 13.4 Å². The van der Waals surface area contributed by atoms with Gasteiger partial charge in [0.15, 0.2) is 0 Å². The highest BCUT2D eigenvalue weighted by Crippen LogP contribution is 2.14. The lowest BCUT2D eigenvalue weighted by Gasteiger charge is -2.06. The van der Waals surface area contributed by atoms with Crippen molar-refractivity contribution in [3.05, 3.63) is 36.4 Å². The number of nitrogens with zero attached hydrogens (tertiary/aromatic N) is 1. The van der Waals surface area contributed by atoms with Gasteiger partial charge in [-0.1, -0.05) is 18.2 Å². The summed E-state index contributed by atoms with van der Waals surface area (Å²) in [6, 6.07) is 11.8. The van der Waals surface area contributed by atoms with E-state index in [0.717, 1.165) is 16.7 Å². The Labute approximate surface area is 107 Å². The number of anilines is 1. The van der Waals surface area contributed by atoms with Crippen LogP contribution in [-0.2, 0) is 9.84 Å². The number of rotatable bonds is 5. The molecular weight excluding hydrogens is 248 g/mol. The van der Waals surface area contributed by atoms with Gasteiger partial charge in [0.1, 0.15) is 15.7 Å². The Hall–Kier alpha value is -1.62. The number of benzene rings is 1. The average Bonchev–Trinajstić information content (AvgIpc) is 2.33. The number of hydrogen-bond donors (Lipinski definition) is 1. The van der Waals surface area contributed by atoms with Crippen molar-refractivity contribution in [2.75, 3.05) is 23.9 Å². The predicted octanol–water partition coefficient (Wildman–Crippen LogP) is 2.08. The molecule has 96 valence electrons. The summed E-state index contributed by atoms with van der Waals surface area (Å²) in [6.07, 6.45) is 1.84. The molecule has 0 fully saturated rings. The van der Waals surface area contributed by atoms with Crippen LogP contribution in [0.4, 0.5) is 5.82 Å². The summed E-state index contributed by atoms with van der Waals surface area (Å²) in [6.45, 7) is 0.610. The molecule has 0 saturated carbocycles. The quantitative estimate of drug-likeness (QED) is 0.840. The molecular formula is C13H16N2O2S. The molecule has 2 aromatic rings. The van der Waals surface area contributed by atoms with E-state index >= 15 is 0 Å². The summed E-state index contributed by atoms with van der Waals surface area (Å²) >= 11 is 0. The van der Waals surface area contributed by atoms with Crippen molar-refractivity contribution in [2.24, 2.45) is 0 Å². The molecule has 1 aromatic carbocycles. The maximum absolute atomic E-state index is 11.0. The van der Waals surface area contributed by atoms with Crippen molar-refractivity contribution < 1.29 is 8.42 Å². The minimum Gasteiger partial charge on any atom is -0.370 e. The SMILES string of the molecule is CS(=O)(=O)CCCNc1ccc2ccccc2n1. The first-order valence-electron chi connectivity index (χ1n) is 5.82. The molecule has 0 aliphatic rings. The van der Waals surface area contributed by atoms with E-state index in [-0.39, 0.29) is 5.75 Å². The Balaban J connectivity index is 1.96. The predicted molar refractivity (Wildman–Crippen MR) is 74.6 cm³/mol. The second kappa shape index (κ2) is 5.35. The largest absolute Gasteiger partial charge is 0.370 e. The van der Waals surface area contributed by atoms with E-state index in [2.05, 4.69) is 10.3 Å². The van der Waals surface area contributed by atoms with E-state index < -0.39 is 9.84 Å². The Kier molecular flexibility index (Phi) is 3.81. The van der Waals surface area contributed by atoms with Gasteiger partial charge in [0.05, 0.1) is 11.3 Å². The van der Waals surface area contributed by atoms with Crippen LogP contribution in [0.5, 0.6) is 0 Å². The normalized spacial score (nSPS) is 11.6. The standard InChI is InChI=1S/C13H16N2O2S/c1-18(16,17)10-4-9-14-13-8-7-11-5-2-3-6-12(11)15-13/h2-3,5-8H,4,9-10H2,1H3,(H,14,15). The molecule has 0 aliphatic heterocycles. The Morgan fingerprint density at radius 1 is 1.17 bits per heavy atom. The molecule has 5 heteroatoms. The van der Waals surface area contributed by atoms with Gasteiger partial charge < -0.3 is 5.32 Å². The molecule has 0 bridgehead atoms. The number of hydrogen-bond acceptors (Lipinski definition) is 4. The number of nitrogens with one attached hydrogen (secondary N) is 1. The second-order valence-electron chi connectivity index (χ2n) is 4.30. The Morgan fingerprint density at radius 3 is 2.72 bits per heavy atom. The molecule has 0 aliphatic carbocycles. The van der Waals surface area contributed by atoms with Crippen LogP contribution in [-0.4, -0.2) is 32.0 Å². The van der Waals surface area contributed by atoms with Crippen LogP contribution >= 0.6 is 0 Å². The second-order valence-corrected chi connectivity index (χ2v) is 6.56. The number of pyridine rings is 1. The lowest BCUT2D eigenvalue weighted by molar-refractivity contribution is 0.600. The number of fused-ring (bicyclic) bond motifs is 1. The molecule has 0 spiro atoms. The zero-order valence-corrected chi connectivity index (χ0v) is 11.1. The highest BCUT2D eigenvalue weighted by atomic mass is 32.2. The van der Waals surface area contributed by atoms with Crippen LogP contribution in [0.25, 0.3) is 10.9 Å². The average molecular weight is 264 g/mol. The van der Waals surface area contributed by atoms with Gasteiger partial charge in [0.25, 0.3) is 0 Å². The van der Waals surface area contributed by atoms with Crippen LogP contribution in [0.3, 0.4) is 0 Å². The van der Waals surface area contributed by atoms with Gasteiger partial charge in [-0.15, -0.1) is 0 Å². The molecule has 1 heterocycles. The van der Waals surface area contributed by atoms with Crippen LogP contribution < -0.4 is 5.32 Å². The van der Waals surface area contributed by atoms with E-state index in [0.29, 0.717) is 13.0 Å². The zero-order valence-electron chi connectivity index (χ0n) is 10.3. The summed E-state index contributed by atoms with van der Waals surface area (Å²) in [5.41, 5.74) is 0.936. The van der Waals surface area contributed by atoms with Crippen LogP contribution in [0.15, 0.2) is 36.4 Å². The first-order valence-corrected chi connectivity index (χ1v) is 7.88. The summed E-state index contributed by atoms with van der Waals surface area (Å²) in [4.78, 5) is 4.45. The highest BCUT2D eigenvalue weighted by molar-refractivity contribution is 7.90. The number of sulfone groups is 1. The first kappa shape index (κ1) is 12.8. The van der Waals surface area contributed by atoms with Crippen LogP contribution in [0.1, 0.15) is 6.42 Å². The van der Waals surface area contributed by atoms with Crippen molar-refractivity contribution >= 4 is 26.6 Å². The van der Waals surface area contributed by atoms with Crippen LogP contribution in [0.2, 0.25) is 0 Å². The summed E-state index contributed by atoms with van der Waals surface area (Å²) in [5, 5.41) is 4.23.